The van der Waals surface area contributed by atoms with E-state index in [-0.39, 0.29) is 0 Å². The van der Waals surface area contributed by atoms with Crippen LogP contribution in [0.2, 0.25) is 0 Å². The van der Waals surface area contributed by atoms with Crippen molar-refractivity contribution in [1.29, 1.82) is 0 Å². The summed E-state index contributed by atoms with van der Waals surface area (Å²) in [6.45, 7) is 0. The molecule has 0 aliphatic carbocycles. The topological polar surface area (TPSA) is 12.0 Å². The van der Waals surface area contributed by atoms with Crippen LogP contribution in [0.3, 0.4) is 0 Å². The lowest BCUT2D eigenvalue weighted by atomic mass is 10.3. The molecule has 2 aromatic rings. The summed E-state index contributed by atoms with van der Waals surface area (Å²) in [6, 6.07) is 10.9. The van der Waals surface area contributed by atoms with Crippen molar-refractivity contribution in [2.24, 2.45) is 0 Å². The monoisotopic (exact) mass is 405 g/mol. The summed E-state index contributed by atoms with van der Waals surface area (Å²) in [5, 5.41) is 5.50. The zero-order valence-corrected chi connectivity index (χ0v) is 14.6. The minimum Gasteiger partial charge on any atom is -0.312 e. The summed E-state index contributed by atoms with van der Waals surface area (Å²) < 4.78 is 2.33. The summed E-state index contributed by atoms with van der Waals surface area (Å²) in [4.78, 5) is 2.65. The Labute approximate surface area is 133 Å². The zero-order chi connectivity index (χ0) is 13.0. The first-order valence-corrected chi connectivity index (χ1v) is 8.94. The average Bonchev–Trinajstić information content (AvgIpc) is 2.77. The molecule has 1 heterocycles. The Kier molecular flexibility index (Phi) is 5.76. The smallest absolute Gasteiger partial charge is 0.0519 e. The second-order valence-electron chi connectivity index (χ2n) is 3.74. The Balaban J connectivity index is 2.02. The molecule has 0 saturated carbocycles. The molecule has 1 aromatic heterocycles. The Morgan fingerprint density at radius 3 is 2.78 bits per heavy atom. The van der Waals surface area contributed by atoms with Gasteiger partial charge in [-0.3, -0.25) is 0 Å². The van der Waals surface area contributed by atoms with Gasteiger partial charge < -0.3 is 5.32 Å². The molecule has 0 fully saturated rings. The van der Waals surface area contributed by atoms with E-state index in [0.29, 0.717) is 6.04 Å². The van der Waals surface area contributed by atoms with E-state index in [2.05, 4.69) is 72.9 Å². The van der Waals surface area contributed by atoms with Crippen LogP contribution in [0, 0.1) is 0 Å². The van der Waals surface area contributed by atoms with Crippen LogP contribution in [0.15, 0.2) is 49.6 Å². The average molecular weight is 407 g/mol. The molecule has 0 bridgehead atoms. The molecule has 0 aliphatic heterocycles. The van der Waals surface area contributed by atoms with Gasteiger partial charge in [-0.25, -0.2) is 0 Å². The number of benzene rings is 1. The fraction of sp³-hybridized carbons (Fsp3) is 0.231. The van der Waals surface area contributed by atoms with Gasteiger partial charge in [0.15, 0.2) is 0 Å². The highest BCUT2D eigenvalue weighted by atomic mass is 79.9. The maximum Gasteiger partial charge on any atom is 0.0519 e. The standard InChI is InChI=1S/C13H13Br2NS2/c1-16-12(13-11(15)5-6-17-13)8-18-10-4-2-3-9(14)7-10/h2-7,12,16H,8H2,1H3. The van der Waals surface area contributed by atoms with Crippen molar-refractivity contribution >= 4 is 55.0 Å². The SMILES string of the molecule is CNC(CSc1cccc(Br)c1)c1sccc1Br. The van der Waals surface area contributed by atoms with Crippen molar-refractivity contribution in [1.82, 2.24) is 5.32 Å². The van der Waals surface area contributed by atoms with Gasteiger partial charge in [-0.05, 0) is 52.6 Å². The van der Waals surface area contributed by atoms with Gasteiger partial charge in [0, 0.05) is 24.5 Å². The maximum absolute atomic E-state index is 3.60. The van der Waals surface area contributed by atoms with Crippen LogP contribution in [-0.4, -0.2) is 12.8 Å². The van der Waals surface area contributed by atoms with Crippen molar-refractivity contribution in [2.45, 2.75) is 10.9 Å². The fourth-order valence-electron chi connectivity index (χ4n) is 1.58. The number of halogens is 2. The van der Waals surface area contributed by atoms with Gasteiger partial charge >= 0.3 is 0 Å². The summed E-state index contributed by atoms with van der Waals surface area (Å²) in [7, 11) is 2.01. The predicted octanol–water partition coefficient (Wildman–Crippen LogP) is 5.33. The van der Waals surface area contributed by atoms with Crippen LogP contribution in [0.5, 0.6) is 0 Å². The molecule has 2 rings (SSSR count). The van der Waals surface area contributed by atoms with Crippen molar-refractivity contribution in [3.8, 4) is 0 Å². The summed E-state index contributed by atoms with van der Waals surface area (Å²) in [5.41, 5.74) is 0. The van der Waals surface area contributed by atoms with Gasteiger partial charge in [-0.1, -0.05) is 22.0 Å². The maximum atomic E-state index is 3.60. The van der Waals surface area contributed by atoms with E-state index < -0.39 is 0 Å². The predicted molar refractivity (Wildman–Crippen MR) is 88.7 cm³/mol. The van der Waals surface area contributed by atoms with E-state index in [9.17, 15) is 0 Å². The Hall–Kier alpha value is 0.190. The van der Waals surface area contributed by atoms with Crippen molar-refractivity contribution in [2.75, 3.05) is 12.8 Å². The molecule has 0 spiro atoms. The van der Waals surface area contributed by atoms with Crippen LogP contribution in [0.25, 0.3) is 0 Å². The highest BCUT2D eigenvalue weighted by molar-refractivity contribution is 9.10. The van der Waals surface area contributed by atoms with E-state index in [4.69, 9.17) is 0 Å². The third kappa shape index (κ3) is 3.84. The summed E-state index contributed by atoms with van der Waals surface area (Å²) in [6.07, 6.45) is 0. The van der Waals surface area contributed by atoms with Gasteiger partial charge in [-0.2, -0.15) is 0 Å². The summed E-state index contributed by atoms with van der Waals surface area (Å²) in [5.74, 6) is 1.02. The molecule has 0 amide bonds. The van der Waals surface area contributed by atoms with Crippen LogP contribution in [-0.2, 0) is 0 Å². The second-order valence-corrected chi connectivity index (χ2v) is 7.55. The van der Waals surface area contributed by atoms with Gasteiger partial charge in [0.25, 0.3) is 0 Å². The molecule has 0 radical (unpaired) electrons. The third-order valence-electron chi connectivity index (χ3n) is 2.52. The summed E-state index contributed by atoms with van der Waals surface area (Å²) >= 11 is 10.8. The molecule has 18 heavy (non-hydrogen) atoms. The third-order valence-corrected chi connectivity index (χ3v) is 6.09. The van der Waals surface area contributed by atoms with E-state index >= 15 is 0 Å². The first-order chi connectivity index (χ1) is 8.70. The van der Waals surface area contributed by atoms with Crippen LogP contribution >= 0.6 is 55.0 Å². The molecule has 5 heteroatoms. The van der Waals surface area contributed by atoms with Gasteiger partial charge in [0.05, 0.1) is 6.04 Å². The van der Waals surface area contributed by atoms with Gasteiger partial charge in [-0.15, -0.1) is 23.1 Å². The van der Waals surface area contributed by atoms with Crippen molar-refractivity contribution in [3.05, 3.63) is 49.5 Å². The lowest BCUT2D eigenvalue weighted by Crippen LogP contribution is -2.17. The molecule has 1 nitrogen and oxygen atoms in total. The molecule has 96 valence electrons. The first-order valence-electron chi connectivity index (χ1n) is 5.49. The normalized spacial score (nSPS) is 12.6. The lowest BCUT2D eigenvalue weighted by molar-refractivity contribution is 0.671. The molecular formula is C13H13Br2NS2. The van der Waals surface area contributed by atoms with Crippen molar-refractivity contribution < 1.29 is 0 Å². The molecule has 0 saturated heterocycles. The van der Waals surface area contributed by atoms with Crippen LogP contribution < -0.4 is 5.32 Å². The number of rotatable bonds is 5. The van der Waals surface area contributed by atoms with E-state index in [1.165, 1.54) is 14.2 Å². The molecule has 1 aromatic carbocycles. The number of thiophene rings is 1. The minimum atomic E-state index is 0.378. The number of hydrogen-bond acceptors (Lipinski definition) is 3. The lowest BCUT2D eigenvalue weighted by Gasteiger charge is -2.15. The largest absolute Gasteiger partial charge is 0.312 e. The van der Waals surface area contributed by atoms with E-state index in [0.717, 1.165) is 10.2 Å². The highest BCUT2D eigenvalue weighted by Gasteiger charge is 2.14. The van der Waals surface area contributed by atoms with E-state index in [1.54, 1.807) is 11.3 Å². The minimum absolute atomic E-state index is 0.378. The Morgan fingerprint density at radius 1 is 1.33 bits per heavy atom. The zero-order valence-electron chi connectivity index (χ0n) is 9.82. The van der Waals surface area contributed by atoms with E-state index in [1.807, 2.05) is 18.8 Å². The van der Waals surface area contributed by atoms with Gasteiger partial charge in [0.2, 0.25) is 0 Å². The number of nitrogens with one attached hydrogen (secondary N) is 1. The molecule has 1 N–H and O–H groups in total. The molecule has 1 unspecified atom stereocenters. The second kappa shape index (κ2) is 7.10. The quantitative estimate of drug-likeness (QED) is 0.673. The van der Waals surface area contributed by atoms with Crippen molar-refractivity contribution in [3.63, 3.8) is 0 Å². The fourth-order valence-corrected chi connectivity index (χ4v) is 5.07. The molecule has 0 aliphatic rings. The van der Waals surface area contributed by atoms with Crippen LogP contribution in [0.1, 0.15) is 10.9 Å². The Morgan fingerprint density at radius 2 is 2.17 bits per heavy atom. The van der Waals surface area contributed by atoms with Gasteiger partial charge in [0.1, 0.15) is 0 Å². The highest BCUT2D eigenvalue weighted by Crippen LogP contribution is 2.33. The number of thioether (sulfide) groups is 1. The first kappa shape index (κ1) is 14.6. The molecular weight excluding hydrogens is 394 g/mol. The Bertz CT molecular complexity index is 513. The molecule has 1 atom stereocenters. The number of hydrogen-bond donors (Lipinski definition) is 1. The van der Waals surface area contributed by atoms with Crippen LogP contribution in [0.4, 0.5) is 0 Å².